The molecule has 0 spiro atoms. The predicted molar refractivity (Wildman–Crippen MR) is 130 cm³/mol. The normalized spacial score (nSPS) is 16.1. The molecule has 3 N–H and O–H groups in total. The number of rotatable bonds is 6. The van der Waals surface area contributed by atoms with Crippen LogP contribution in [0.2, 0.25) is 0 Å². The fraction of sp³-hybridized carbons (Fsp3) is 0.320. The van der Waals surface area contributed by atoms with E-state index < -0.39 is 23.6 Å². The number of benzene rings is 1. The number of aromatic amines is 1. The van der Waals surface area contributed by atoms with E-state index in [9.17, 15) is 19.2 Å². The van der Waals surface area contributed by atoms with Crippen LogP contribution in [0.25, 0.3) is 10.9 Å². The van der Waals surface area contributed by atoms with E-state index in [-0.39, 0.29) is 25.4 Å². The van der Waals surface area contributed by atoms with E-state index in [0.717, 1.165) is 22.2 Å². The molecular weight excluding hydrogens is 450 g/mol. The highest BCUT2D eigenvalue weighted by molar-refractivity contribution is 6.21. The number of hydrazone groups is 1. The van der Waals surface area contributed by atoms with Gasteiger partial charge in [0.2, 0.25) is 5.91 Å². The number of ether oxygens (including phenoxy) is 1. The van der Waals surface area contributed by atoms with Crippen molar-refractivity contribution in [3.63, 3.8) is 0 Å². The highest BCUT2D eigenvalue weighted by Crippen LogP contribution is 2.32. The molecular formula is C25H27N5O5. The Hall–Kier alpha value is -4.21. The third kappa shape index (κ3) is 4.86. The summed E-state index contributed by atoms with van der Waals surface area (Å²) < 4.78 is 5.33. The highest BCUT2D eigenvalue weighted by atomic mass is 16.6. The van der Waals surface area contributed by atoms with Gasteiger partial charge in [0.1, 0.15) is 17.9 Å². The number of carbonyl (C=O) groups excluding carboxylic acids is 4. The maximum Gasteiger partial charge on any atom is 0.408 e. The number of aldehydes is 1. The summed E-state index contributed by atoms with van der Waals surface area (Å²) >= 11 is 0. The third-order valence-electron chi connectivity index (χ3n) is 5.64. The van der Waals surface area contributed by atoms with Crippen LogP contribution in [0, 0.1) is 0 Å². The van der Waals surface area contributed by atoms with Crippen LogP contribution in [0.1, 0.15) is 48.8 Å². The van der Waals surface area contributed by atoms with Crippen LogP contribution in [-0.2, 0) is 20.9 Å². The van der Waals surface area contributed by atoms with Gasteiger partial charge in [-0.05, 0) is 38.5 Å². The van der Waals surface area contributed by atoms with Gasteiger partial charge in [0.25, 0.3) is 5.91 Å². The second-order valence-electron chi connectivity index (χ2n) is 9.40. The Morgan fingerprint density at radius 1 is 1.31 bits per heavy atom. The van der Waals surface area contributed by atoms with Gasteiger partial charge < -0.3 is 19.9 Å². The van der Waals surface area contributed by atoms with Crippen molar-refractivity contribution in [1.29, 1.82) is 0 Å². The van der Waals surface area contributed by atoms with Gasteiger partial charge in [0.05, 0.1) is 24.4 Å². The summed E-state index contributed by atoms with van der Waals surface area (Å²) in [4.78, 5) is 55.0. The number of nitrogens with one attached hydrogen (secondary N) is 3. The molecule has 0 radical (unpaired) electrons. The van der Waals surface area contributed by atoms with Crippen LogP contribution in [0.5, 0.6) is 0 Å². The molecule has 3 amide bonds. The number of nitrogens with zero attached hydrogens (tertiary/aromatic N) is 2. The van der Waals surface area contributed by atoms with Gasteiger partial charge in [-0.2, -0.15) is 5.10 Å². The molecule has 2 aliphatic heterocycles. The van der Waals surface area contributed by atoms with Crippen LogP contribution in [0.4, 0.5) is 4.79 Å². The molecule has 1 atom stereocenters. The fourth-order valence-electron chi connectivity index (χ4n) is 4.27. The summed E-state index contributed by atoms with van der Waals surface area (Å²) in [6.07, 6.45) is 2.74. The lowest BCUT2D eigenvalue weighted by Gasteiger charge is -2.32. The molecule has 0 fully saturated rings. The lowest BCUT2D eigenvalue weighted by molar-refractivity contribution is -0.133. The van der Waals surface area contributed by atoms with Crippen LogP contribution in [0.15, 0.2) is 47.6 Å². The average Bonchev–Trinajstić information content (AvgIpc) is 3.11. The number of aromatic nitrogens is 1. The molecule has 0 unspecified atom stereocenters. The van der Waals surface area contributed by atoms with E-state index in [2.05, 4.69) is 27.4 Å². The zero-order chi connectivity index (χ0) is 25.3. The van der Waals surface area contributed by atoms with Crippen LogP contribution < -0.4 is 10.7 Å². The largest absolute Gasteiger partial charge is 0.444 e. The maximum atomic E-state index is 13.6. The first-order chi connectivity index (χ1) is 16.6. The molecule has 2 aromatic rings. The standard InChI is InChI=1S/C25H27N5O5/c1-5-7-14(13-31)10-17(27-24(34)35-25(2,3)4)23(33)30-11-18-21-19(12-30)28-29-22(32)15-8-6-9-16(26-18)20(15)21/h5-9,13,17,26H,1,10-12H2,2-4H3,(H,27,34)(H,29,32)/b14-7-/t17-/m0/s1. The minimum absolute atomic E-state index is 0.0446. The summed E-state index contributed by atoms with van der Waals surface area (Å²) in [5, 5.41) is 7.64. The van der Waals surface area contributed by atoms with Crippen LogP contribution in [0.3, 0.4) is 0 Å². The van der Waals surface area contributed by atoms with E-state index in [4.69, 9.17) is 4.74 Å². The van der Waals surface area contributed by atoms with Gasteiger partial charge >= 0.3 is 6.09 Å². The summed E-state index contributed by atoms with van der Waals surface area (Å²) in [5.74, 6) is -0.748. The second kappa shape index (κ2) is 9.21. The predicted octanol–water partition coefficient (Wildman–Crippen LogP) is 2.55. The first kappa shape index (κ1) is 23.9. The molecule has 0 aliphatic carbocycles. The van der Waals surface area contributed by atoms with Crippen molar-refractivity contribution in [2.24, 2.45) is 5.10 Å². The summed E-state index contributed by atoms with van der Waals surface area (Å²) in [6, 6.07) is 4.31. The molecule has 2 aliphatic rings. The molecule has 0 saturated carbocycles. The smallest absolute Gasteiger partial charge is 0.408 e. The molecule has 182 valence electrons. The SMILES string of the molecule is C=C/C=C(\C=O)C[C@H](NC(=O)OC(C)(C)C)C(=O)N1CC2=NNC(=O)c3cccc4[nH]c(c2c34)C1. The molecule has 10 nitrogen and oxygen atoms in total. The number of alkyl carbamates (subject to hydrolysis) is 1. The average molecular weight is 478 g/mol. The fourth-order valence-corrected chi connectivity index (χ4v) is 4.27. The summed E-state index contributed by atoms with van der Waals surface area (Å²) in [7, 11) is 0. The maximum absolute atomic E-state index is 13.6. The number of carbonyl (C=O) groups is 4. The van der Waals surface area contributed by atoms with Gasteiger partial charge in [-0.1, -0.05) is 24.8 Å². The quantitative estimate of drug-likeness (QED) is 0.334. The lowest BCUT2D eigenvalue weighted by Crippen LogP contribution is -2.52. The van der Waals surface area contributed by atoms with E-state index in [0.29, 0.717) is 23.1 Å². The molecule has 35 heavy (non-hydrogen) atoms. The first-order valence-corrected chi connectivity index (χ1v) is 11.2. The summed E-state index contributed by atoms with van der Waals surface area (Å²) in [6.45, 7) is 9.06. The minimum atomic E-state index is -1.07. The topological polar surface area (TPSA) is 133 Å². The molecule has 4 rings (SSSR count). The molecule has 1 aromatic heterocycles. The minimum Gasteiger partial charge on any atom is -0.444 e. The number of hydrogen-bond acceptors (Lipinski definition) is 6. The van der Waals surface area contributed by atoms with E-state index in [1.54, 1.807) is 32.9 Å². The second-order valence-corrected chi connectivity index (χ2v) is 9.40. The number of hydrogen-bond donors (Lipinski definition) is 3. The van der Waals surface area contributed by atoms with E-state index in [1.807, 2.05) is 6.07 Å². The van der Waals surface area contributed by atoms with E-state index in [1.165, 1.54) is 17.1 Å². The van der Waals surface area contributed by atoms with Crippen molar-refractivity contribution >= 4 is 40.8 Å². The monoisotopic (exact) mass is 477 g/mol. The van der Waals surface area contributed by atoms with Crippen LogP contribution in [-0.4, -0.2) is 58.0 Å². The van der Waals surface area contributed by atoms with Crippen molar-refractivity contribution in [3.8, 4) is 0 Å². The van der Waals surface area contributed by atoms with Gasteiger partial charge in [-0.15, -0.1) is 0 Å². The molecule has 1 aromatic carbocycles. The van der Waals surface area contributed by atoms with Gasteiger partial charge in [-0.25, -0.2) is 10.2 Å². The Labute approximate surface area is 202 Å². The number of allylic oxidation sites excluding steroid dienone is 2. The van der Waals surface area contributed by atoms with Gasteiger partial charge in [0, 0.05) is 28.6 Å². The number of amides is 3. The molecule has 0 bridgehead atoms. The zero-order valence-corrected chi connectivity index (χ0v) is 19.8. The Bertz CT molecular complexity index is 1300. The van der Waals surface area contributed by atoms with Crippen LogP contribution >= 0.6 is 0 Å². The van der Waals surface area contributed by atoms with Crippen molar-refractivity contribution in [2.45, 2.75) is 45.4 Å². The Morgan fingerprint density at radius 2 is 2.09 bits per heavy atom. The highest BCUT2D eigenvalue weighted by Gasteiger charge is 2.36. The first-order valence-electron chi connectivity index (χ1n) is 11.2. The van der Waals surface area contributed by atoms with Gasteiger partial charge in [0.15, 0.2) is 0 Å². The molecule has 3 heterocycles. The third-order valence-corrected chi connectivity index (χ3v) is 5.64. The molecule has 0 saturated heterocycles. The summed E-state index contributed by atoms with van der Waals surface area (Å²) in [5.41, 5.74) is 5.41. The van der Waals surface area contributed by atoms with Crippen molar-refractivity contribution in [1.82, 2.24) is 20.6 Å². The number of H-pyrrole nitrogens is 1. The lowest BCUT2D eigenvalue weighted by atomic mass is 9.97. The van der Waals surface area contributed by atoms with Crippen molar-refractivity contribution in [2.75, 3.05) is 6.54 Å². The van der Waals surface area contributed by atoms with E-state index >= 15 is 0 Å². The molecule has 10 heteroatoms. The van der Waals surface area contributed by atoms with Crippen molar-refractivity contribution in [3.05, 3.63) is 59.3 Å². The van der Waals surface area contributed by atoms with Gasteiger partial charge in [-0.3, -0.25) is 14.4 Å². The zero-order valence-electron chi connectivity index (χ0n) is 19.8. The Kier molecular flexibility index (Phi) is 6.29. The Morgan fingerprint density at radius 3 is 2.77 bits per heavy atom. The van der Waals surface area contributed by atoms with Crippen molar-refractivity contribution < 1.29 is 23.9 Å². The Balaban J connectivity index is 1.66.